The van der Waals surface area contributed by atoms with E-state index in [4.69, 9.17) is 0 Å². The molecule has 0 aliphatic carbocycles. The zero-order chi connectivity index (χ0) is 14.8. The molecule has 0 radical (unpaired) electrons. The van der Waals surface area contributed by atoms with Crippen molar-refractivity contribution in [1.82, 2.24) is 10.2 Å². The Bertz CT molecular complexity index is 416. The van der Waals surface area contributed by atoms with Crippen LogP contribution >= 0.6 is 0 Å². The van der Waals surface area contributed by atoms with Crippen LogP contribution in [0.3, 0.4) is 0 Å². The van der Waals surface area contributed by atoms with Gasteiger partial charge in [-0.25, -0.2) is 0 Å². The molecule has 1 heterocycles. The fourth-order valence-corrected chi connectivity index (χ4v) is 3.07. The van der Waals surface area contributed by atoms with E-state index in [1.165, 1.54) is 37.1 Å². The number of hydrogen-bond donors (Lipinski definition) is 1. The lowest BCUT2D eigenvalue weighted by molar-refractivity contribution is 0.149. The van der Waals surface area contributed by atoms with Crippen LogP contribution in [0.5, 0.6) is 0 Å². The highest BCUT2D eigenvalue weighted by Crippen LogP contribution is 2.27. The van der Waals surface area contributed by atoms with Crippen LogP contribution in [-0.4, -0.2) is 31.1 Å². The first-order chi connectivity index (χ1) is 9.41. The van der Waals surface area contributed by atoms with Gasteiger partial charge in [-0.2, -0.15) is 0 Å². The van der Waals surface area contributed by atoms with E-state index in [1.807, 2.05) is 0 Å². The first-order valence-corrected chi connectivity index (χ1v) is 7.93. The molecule has 2 heteroatoms. The Kier molecular flexibility index (Phi) is 4.87. The monoisotopic (exact) mass is 274 g/mol. The summed E-state index contributed by atoms with van der Waals surface area (Å²) in [5, 5.41) is 3.43. The van der Waals surface area contributed by atoms with Gasteiger partial charge in [-0.1, -0.05) is 45.0 Å². The van der Waals surface area contributed by atoms with Crippen molar-refractivity contribution < 1.29 is 0 Å². The summed E-state index contributed by atoms with van der Waals surface area (Å²) in [6.07, 6.45) is 2.61. The van der Waals surface area contributed by atoms with Crippen LogP contribution in [0.2, 0.25) is 0 Å². The second-order valence-corrected chi connectivity index (χ2v) is 7.17. The maximum atomic E-state index is 3.43. The third-order valence-corrected chi connectivity index (χ3v) is 4.67. The van der Waals surface area contributed by atoms with Gasteiger partial charge in [0.15, 0.2) is 0 Å². The standard InChI is InChI=1S/C18H30N2/c1-14(20-12-6-7-17(13-20)19-5)15-8-10-16(11-9-15)18(2,3)4/h8-11,14,17,19H,6-7,12-13H2,1-5H3. The summed E-state index contributed by atoms with van der Waals surface area (Å²) < 4.78 is 0. The summed E-state index contributed by atoms with van der Waals surface area (Å²) in [7, 11) is 2.08. The molecule has 20 heavy (non-hydrogen) atoms. The van der Waals surface area contributed by atoms with Crippen molar-refractivity contribution in [2.75, 3.05) is 20.1 Å². The Labute approximate surface area is 124 Å². The van der Waals surface area contributed by atoms with E-state index >= 15 is 0 Å². The Morgan fingerprint density at radius 1 is 1.20 bits per heavy atom. The number of likely N-dealkylation sites (tertiary alicyclic amines) is 1. The van der Waals surface area contributed by atoms with Gasteiger partial charge in [0, 0.05) is 18.6 Å². The number of nitrogens with zero attached hydrogens (tertiary/aromatic N) is 1. The SMILES string of the molecule is CNC1CCCN(C(C)c2ccc(C(C)(C)C)cc2)C1. The fourth-order valence-electron chi connectivity index (χ4n) is 3.07. The molecule has 2 atom stereocenters. The van der Waals surface area contributed by atoms with Crippen molar-refractivity contribution in [3.63, 3.8) is 0 Å². The summed E-state index contributed by atoms with van der Waals surface area (Å²) in [6.45, 7) is 11.5. The number of likely N-dealkylation sites (N-methyl/N-ethyl adjacent to an activating group) is 1. The number of rotatable bonds is 3. The van der Waals surface area contributed by atoms with Crippen molar-refractivity contribution in [3.8, 4) is 0 Å². The third kappa shape index (κ3) is 3.62. The van der Waals surface area contributed by atoms with Crippen molar-refractivity contribution in [2.45, 2.75) is 58.0 Å². The predicted molar refractivity (Wildman–Crippen MR) is 87.2 cm³/mol. The van der Waals surface area contributed by atoms with Crippen LogP contribution in [0.1, 0.15) is 57.7 Å². The van der Waals surface area contributed by atoms with Crippen LogP contribution in [0.25, 0.3) is 0 Å². The highest BCUT2D eigenvalue weighted by atomic mass is 15.2. The second-order valence-electron chi connectivity index (χ2n) is 7.17. The Morgan fingerprint density at radius 3 is 2.40 bits per heavy atom. The van der Waals surface area contributed by atoms with Gasteiger partial charge < -0.3 is 5.32 Å². The van der Waals surface area contributed by atoms with Gasteiger partial charge in [-0.05, 0) is 49.9 Å². The largest absolute Gasteiger partial charge is 0.316 e. The normalized spacial score (nSPS) is 22.8. The summed E-state index contributed by atoms with van der Waals surface area (Å²) >= 11 is 0. The van der Waals surface area contributed by atoms with Crippen molar-refractivity contribution >= 4 is 0 Å². The number of piperidine rings is 1. The first kappa shape index (κ1) is 15.5. The average Bonchev–Trinajstić information content (AvgIpc) is 2.46. The number of nitrogens with one attached hydrogen (secondary N) is 1. The zero-order valence-corrected chi connectivity index (χ0v) is 13.7. The maximum Gasteiger partial charge on any atom is 0.0320 e. The molecule has 0 spiro atoms. The van der Waals surface area contributed by atoms with Crippen molar-refractivity contribution in [1.29, 1.82) is 0 Å². The van der Waals surface area contributed by atoms with E-state index in [0.29, 0.717) is 12.1 Å². The van der Waals surface area contributed by atoms with Crippen LogP contribution in [0.15, 0.2) is 24.3 Å². The van der Waals surface area contributed by atoms with Gasteiger partial charge in [0.2, 0.25) is 0 Å². The molecule has 1 aliphatic heterocycles. The van der Waals surface area contributed by atoms with E-state index in [9.17, 15) is 0 Å². The van der Waals surface area contributed by atoms with Crippen LogP contribution in [0, 0.1) is 0 Å². The molecule has 112 valence electrons. The number of benzene rings is 1. The van der Waals surface area contributed by atoms with Crippen LogP contribution in [-0.2, 0) is 5.41 Å². The number of hydrogen-bond acceptors (Lipinski definition) is 2. The molecule has 2 unspecified atom stereocenters. The molecule has 0 amide bonds. The first-order valence-electron chi connectivity index (χ1n) is 7.93. The molecule has 2 nitrogen and oxygen atoms in total. The highest BCUT2D eigenvalue weighted by molar-refractivity contribution is 5.29. The smallest absolute Gasteiger partial charge is 0.0320 e. The lowest BCUT2D eigenvalue weighted by atomic mass is 9.86. The minimum atomic E-state index is 0.240. The van der Waals surface area contributed by atoms with E-state index in [2.05, 4.69) is 69.2 Å². The predicted octanol–water partition coefficient (Wildman–Crippen LogP) is 3.73. The molecule has 0 bridgehead atoms. The molecule has 1 fully saturated rings. The Hall–Kier alpha value is -0.860. The maximum absolute atomic E-state index is 3.43. The molecular formula is C18H30N2. The van der Waals surface area contributed by atoms with Crippen molar-refractivity contribution in [2.24, 2.45) is 0 Å². The summed E-state index contributed by atoms with van der Waals surface area (Å²) in [6, 6.07) is 10.4. The van der Waals surface area contributed by atoms with E-state index in [-0.39, 0.29) is 5.41 Å². The van der Waals surface area contributed by atoms with Crippen LogP contribution < -0.4 is 5.32 Å². The van der Waals surface area contributed by atoms with E-state index < -0.39 is 0 Å². The molecule has 1 aromatic carbocycles. The average molecular weight is 274 g/mol. The fraction of sp³-hybridized carbons (Fsp3) is 0.667. The summed E-state index contributed by atoms with van der Waals surface area (Å²) in [5.74, 6) is 0. The molecule has 0 saturated carbocycles. The zero-order valence-electron chi connectivity index (χ0n) is 13.7. The second kappa shape index (κ2) is 6.28. The minimum Gasteiger partial charge on any atom is -0.316 e. The van der Waals surface area contributed by atoms with Gasteiger partial charge in [-0.15, -0.1) is 0 Å². The van der Waals surface area contributed by atoms with Gasteiger partial charge in [0.25, 0.3) is 0 Å². The van der Waals surface area contributed by atoms with Crippen LogP contribution in [0.4, 0.5) is 0 Å². The van der Waals surface area contributed by atoms with E-state index in [1.54, 1.807) is 0 Å². The lowest BCUT2D eigenvalue weighted by Crippen LogP contribution is -2.45. The molecule has 2 rings (SSSR count). The summed E-state index contributed by atoms with van der Waals surface area (Å²) in [4.78, 5) is 2.61. The molecule has 1 N–H and O–H groups in total. The third-order valence-electron chi connectivity index (χ3n) is 4.67. The van der Waals surface area contributed by atoms with Gasteiger partial charge in [-0.3, -0.25) is 4.90 Å². The minimum absolute atomic E-state index is 0.240. The van der Waals surface area contributed by atoms with Crippen molar-refractivity contribution in [3.05, 3.63) is 35.4 Å². The lowest BCUT2D eigenvalue weighted by Gasteiger charge is -2.37. The van der Waals surface area contributed by atoms with E-state index in [0.717, 1.165) is 0 Å². The molecular weight excluding hydrogens is 244 g/mol. The summed E-state index contributed by atoms with van der Waals surface area (Å²) in [5.41, 5.74) is 3.10. The molecule has 1 aliphatic rings. The molecule has 1 saturated heterocycles. The van der Waals surface area contributed by atoms with Gasteiger partial charge in [0.1, 0.15) is 0 Å². The molecule has 0 aromatic heterocycles. The van der Waals surface area contributed by atoms with Gasteiger partial charge in [0.05, 0.1) is 0 Å². The molecule has 1 aromatic rings. The van der Waals surface area contributed by atoms with Gasteiger partial charge >= 0.3 is 0 Å². The highest BCUT2D eigenvalue weighted by Gasteiger charge is 2.23. The Morgan fingerprint density at radius 2 is 1.85 bits per heavy atom. The topological polar surface area (TPSA) is 15.3 Å². The Balaban J connectivity index is 2.07. The quantitative estimate of drug-likeness (QED) is 0.903.